The summed E-state index contributed by atoms with van der Waals surface area (Å²) in [5, 5.41) is 5.18. The molecule has 0 spiro atoms. The highest BCUT2D eigenvalue weighted by molar-refractivity contribution is 6.00. The number of carbonyl (C=O) groups is 1. The highest BCUT2D eigenvalue weighted by atomic mass is 16.3. The van der Waals surface area contributed by atoms with E-state index in [-0.39, 0.29) is 0 Å². The van der Waals surface area contributed by atoms with Gasteiger partial charge in [-0.15, -0.1) is 0 Å². The molecule has 0 unspecified atom stereocenters. The molecule has 5 heteroatoms. The summed E-state index contributed by atoms with van der Waals surface area (Å²) in [5.41, 5.74) is 7.91. The van der Waals surface area contributed by atoms with Crippen LogP contribution in [0.2, 0.25) is 0 Å². The number of hydrogen-bond donors (Lipinski definition) is 3. The van der Waals surface area contributed by atoms with Crippen molar-refractivity contribution in [1.29, 1.82) is 0 Å². The minimum Gasteiger partial charge on any atom is -0.449 e. The zero-order chi connectivity index (χ0) is 12.3. The van der Waals surface area contributed by atoms with Crippen molar-refractivity contribution in [2.45, 2.75) is 6.92 Å². The molecule has 0 aliphatic carbocycles. The highest BCUT2D eigenvalue weighted by Gasteiger charge is 2.06. The first-order valence-electron chi connectivity index (χ1n) is 5.13. The lowest BCUT2D eigenvalue weighted by atomic mass is 10.2. The van der Waals surface area contributed by atoms with Gasteiger partial charge in [-0.1, -0.05) is 6.07 Å². The number of hydrogen-bond acceptors (Lipinski definition) is 3. The second kappa shape index (κ2) is 4.61. The molecule has 0 bridgehead atoms. The Morgan fingerprint density at radius 3 is 2.76 bits per heavy atom. The van der Waals surface area contributed by atoms with Gasteiger partial charge in [0.15, 0.2) is 0 Å². The molecule has 0 saturated heterocycles. The van der Waals surface area contributed by atoms with E-state index in [0.29, 0.717) is 17.3 Å². The van der Waals surface area contributed by atoms with Crippen molar-refractivity contribution in [1.82, 2.24) is 0 Å². The number of aryl methyl sites for hydroxylation is 1. The Labute approximate surface area is 98.6 Å². The fourth-order valence-corrected chi connectivity index (χ4v) is 1.41. The fourth-order valence-electron chi connectivity index (χ4n) is 1.41. The summed E-state index contributed by atoms with van der Waals surface area (Å²) < 4.78 is 4.99. The summed E-state index contributed by atoms with van der Waals surface area (Å²) in [6, 6.07) is 8.37. The summed E-state index contributed by atoms with van der Waals surface area (Å²) in [4.78, 5) is 11.6. The maximum absolute atomic E-state index is 11.6. The first-order chi connectivity index (χ1) is 8.15. The third-order valence-electron chi connectivity index (χ3n) is 2.21. The Kier molecular flexibility index (Phi) is 3.00. The van der Waals surface area contributed by atoms with Gasteiger partial charge < -0.3 is 15.5 Å². The Bertz CT molecular complexity index is 521. The molecule has 0 saturated carbocycles. The molecule has 0 aliphatic heterocycles. The smallest absolute Gasteiger partial charge is 0.326 e. The molecule has 5 nitrogen and oxygen atoms in total. The predicted octanol–water partition coefficient (Wildman–Crippen LogP) is 2.81. The lowest BCUT2D eigenvalue weighted by Crippen LogP contribution is -2.19. The zero-order valence-corrected chi connectivity index (χ0v) is 9.36. The minimum absolute atomic E-state index is 0.383. The van der Waals surface area contributed by atoms with Crippen LogP contribution < -0.4 is 16.4 Å². The standard InChI is InChI=1S/C12H13N3O2/c1-8-4-5-10(9(13)7-8)14-12(16)15-11-3-2-6-17-11/h2-7H,13H2,1H3,(H2,14,15,16). The van der Waals surface area contributed by atoms with Gasteiger partial charge in [0.05, 0.1) is 17.6 Å². The molecule has 0 atom stereocenters. The predicted molar refractivity (Wildman–Crippen MR) is 66.9 cm³/mol. The zero-order valence-electron chi connectivity index (χ0n) is 9.36. The van der Waals surface area contributed by atoms with Gasteiger partial charge in [-0.05, 0) is 30.7 Å². The number of carbonyl (C=O) groups excluding carboxylic acids is 1. The van der Waals surface area contributed by atoms with E-state index >= 15 is 0 Å². The van der Waals surface area contributed by atoms with Gasteiger partial charge in [0.25, 0.3) is 0 Å². The van der Waals surface area contributed by atoms with Crippen LogP contribution in [0.25, 0.3) is 0 Å². The van der Waals surface area contributed by atoms with Gasteiger partial charge in [-0.2, -0.15) is 0 Å². The molecule has 1 aromatic heterocycles. The van der Waals surface area contributed by atoms with E-state index in [1.54, 1.807) is 24.3 Å². The van der Waals surface area contributed by atoms with Gasteiger partial charge in [-0.25, -0.2) is 4.79 Å². The van der Waals surface area contributed by atoms with Crippen molar-refractivity contribution in [2.24, 2.45) is 0 Å². The first-order valence-corrected chi connectivity index (χ1v) is 5.13. The number of amides is 2. The van der Waals surface area contributed by atoms with Crippen molar-refractivity contribution < 1.29 is 9.21 Å². The van der Waals surface area contributed by atoms with E-state index in [9.17, 15) is 4.79 Å². The van der Waals surface area contributed by atoms with E-state index in [1.165, 1.54) is 6.26 Å². The largest absolute Gasteiger partial charge is 0.449 e. The summed E-state index contributed by atoms with van der Waals surface area (Å²) in [6.45, 7) is 1.93. The number of nitrogen functional groups attached to an aromatic ring is 1. The lowest BCUT2D eigenvalue weighted by molar-refractivity contribution is 0.261. The van der Waals surface area contributed by atoms with Crippen molar-refractivity contribution in [2.75, 3.05) is 16.4 Å². The number of furan rings is 1. The van der Waals surface area contributed by atoms with E-state index in [1.807, 2.05) is 13.0 Å². The molecule has 88 valence electrons. The molecule has 0 fully saturated rings. The number of benzene rings is 1. The SMILES string of the molecule is Cc1ccc(NC(=O)Nc2ccco2)c(N)c1. The lowest BCUT2D eigenvalue weighted by Gasteiger charge is -2.08. The van der Waals surface area contributed by atoms with Crippen LogP contribution in [0.4, 0.5) is 22.1 Å². The normalized spacial score (nSPS) is 9.94. The van der Waals surface area contributed by atoms with Gasteiger partial charge >= 0.3 is 6.03 Å². The van der Waals surface area contributed by atoms with Crippen LogP contribution in [0.3, 0.4) is 0 Å². The number of anilines is 3. The van der Waals surface area contributed by atoms with E-state index in [2.05, 4.69) is 10.6 Å². The number of nitrogens with two attached hydrogens (primary N) is 1. The Hall–Kier alpha value is -2.43. The molecule has 17 heavy (non-hydrogen) atoms. The van der Waals surface area contributed by atoms with Crippen LogP contribution in [-0.4, -0.2) is 6.03 Å². The van der Waals surface area contributed by atoms with E-state index < -0.39 is 6.03 Å². The molecular weight excluding hydrogens is 218 g/mol. The van der Waals surface area contributed by atoms with Gasteiger partial charge in [0.1, 0.15) is 0 Å². The van der Waals surface area contributed by atoms with Gasteiger partial charge in [0.2, 0.25) is 5.88 Å². The van der Waals surface area contributed by atoms with Gasteiger partial charge in [0, 0.05) is 6.07 Å². The van der Waals surface area contributed by atoms with Crippen LogP contribution in [0.15, 0.2) is 41.0 Å². The molecular formula is C12H13N3O2. The van der Waals surface area contributed by atoms with Crippen LogP contribution in [0.5, 0.6) is 0 Å². The molecule has 0 radical (unpaired) electrons. The number of rotatable bonds is 2. The molecule has 1 heterocycles. The second-order valence-corrected chi connectivity index (χ2v) is 3.65. The van der Waals surface area contributed by atoms with Gasteiger partial charge in [-0.3, -0.25) is 5.32 Å². The van der Waals surface area contributed by atoms with Crippen molar-refractivity contribution in [3.8, 4) is 0 Å². The summed E-state index contributed by atoms with van der Waals surface area (Å²) >= 11 is 0. The molecule has 2 amide bonds. The van der Waals surface area contributed by atoms with Crippen molar-refractivity contribution >= 4 is 23.3 Å². The second-order valence-electron chi connectivity index (χ2n) is 3.65. The summed E-state index contributed by atoms with van der Waals surface area (Å²) in [7, 11) is 0. The number of nitrogens with one attached hydrogen (secondary N) is 2. The van der Waals surface area contributed by atoms with E-state index in [0.717, 1.165) is 5.56 Å². The molecule has 1 aromatic carbocycles. The average molecular weight is 231 g/mol. The van der Waals surface area contributed by atoms with Crippen molar-refractivity contribution in [3.05, 3.63) is 42.2 Å². The quantitative estimate of drug-likeness (QED) is 0.695. The maximum Gasteiger partial charge on any atom is 0.326 e. The fraction of sp³-hybridized carbons (Fsp3) is 0.0833. The summed E-state index contributed by atoms with van der Waals surface area (Å²) in [6.07, 6.45) is 1.48. The molecule has 2 rings (SSSR count). The maximum atomic E-state index is 11.6. The Balaban J connectivity index is 2.03. The van der Waals surface area contributed by atoms with Crippen LogP contribution in [0, 0.1) is 6.92 Å². The van der Waals surface area contributed by atoms with Crippen LogP contribution in [-0.2, 0) is 0 Å². The Morgan fingerprint density at radius 1 is 1.29 bits per heavy atom. The first kappa shape index (κ1) is 11.1. The summed E-state index contributed by atoms with van der Waals surface area (Å²) in [5.74, 6) is 0.383. The van der Waals surface area contributed by atoms with E-state index in [4.69, 9.17) is 10.2 Å². The van der Waals surface area contributed by atoms with Crippen molar-refractivity contribution in [3.63, 3.8) is 0 Å². The monoisotopic (exact) mass is 231 g/mol. The number of urea groups is 1. The third-order valence-corrected chi connectivity index (χ3v) is 2.21. The Morgan fingerprint density at radius 2 is 2.12 bits per heavy atom. The molecule has 0 aliphatic rings. The van der Waals surface area contributed by atoms with Crippen LogP contribution >= 0.6 is 0 Å². The highest BCUT2D eigenvalue weighted by Crippen LogP contribution is 2.19. The molecule has 2 aromatic rings. The molecule has 4 N–H and O–H groups in total. The van der Waals surface area contributed by atoms with Crippen LogP contribution in [0.1, 0.15) is 5.56 Å². The third kappa shape index (κ3) is 2.78. The minimum atomic E-state index is -0.393. The average Bonchev–Trinajstić information content (AvgIpc) is 2.75. The topological polar surface area (TPSA) is 80.3 Å².